The maximum atomic E-state index is 13.1. The minimum Gasteiger partial charge on any atom is -0.479 e. The molecule has 1 unspecified atom stereocenters. The summed E-state index contributed by atoms with van der Waals surface area (Å²) in [6.45, 7) is 2.30. The van der Waals surface area contributed by atoms with E-state index in [0.29, 0.717) is 12.1 Å². The number of benzene rings is 2. The van der Waals surface area contributed by atoms with E-state index in [4.69, 9.17) is 4.74 Å². The Morgan fingerprint density at radius 1 is 1.13 bits per heavy atom. The van der Waals surface area contributed by atoms with E-state index in [2.05, 4.69) is 17.1 Å². The molecule has 1 atom stereocenters. The Morgan fingerprint density at radius 3 is 2.26 bits per heavy atom. The molecule has 1 aliphatic rings. The number of carboxylic acid groups (broad SMARTS) is 1. The van der Waals surface area contributed by atoms with Crippen LogP contribution >= 0.6 is 0 Å². The highest BCUT2D eigenvalue weighted by Crippen LogP contribution is 2.44. The van der Waals surface area contributed by atoms with E-state index >= 15 is 0 Å². The van der Waals surface area contributed by atoms with Gasteiger partial charge in [-0.25, -0.2) is 14.6 Å². The zero-order valence-corrected chi connectivity index (χ0v) is 17.6. The number of nitrogens with zero attached hydrogens (tertiary/aromatic N) is 3. The molecule has 3 aromatic rings. The number of carbonyl (C=O) groups is 2. The van der Waals surface area contributed by atoms with Gasteiger partial charge in [0, 0.05) is 19.5 Å². The van der Waals surface area contributed by atoms with Crippen molar-refractivity contribution >= 4 is 12.1 Å². The first-order chi connectivity index (χ1) is 15.0. The van der Waals surface area contributed by atoms with Gasteiger partial charge in [0.2, 0.25) is 0 Å². The van der Waals surface area contributed by atoms with Crippen LogP contribution in [0.3, 0.4) is 0 Å². The van der Waals surface area contributed by atoms with E-state index in [-0.39, 0.29) is 19.1 Å². The first-order valence-electron chi connectivity index (χ1n) is 10.3. The summed E-state index contributed by atoms with van der Waals surface area (Å²) in [6.07, 6.45) is 2.95. The topological polar surface area (TPSA) is 84.7 Å². The second kappa shape index (κ2) is 8.63. The lowest BCUT2D eigenvalue weighted by molar-refractivity contribution is -0.143. The van der Waals surface area contributed by atoms with Crippen molar-refractivity contribution in [2.75, 3.05) is 13.2 Å². The summed E-state index contributed by atoms with van der Waals surface area (Å²) < 4.78 is 7.33. The molecule has 0 fully saturated rings. The number of rotatable bonds is 7. The summed E-state index contributed by atoms with van der Waals surface area (Å²) in [7, 11) is 1.71. The molecule has 1 N–H and O–H groups in total. The second-order valence-electron chi connectivity index (χ2n) is 7.67. The molecule has 2 aromatic carbocycles. The van der Waals surface area contributed by atoms with Crippen LogP contribution in [-0.4, -0.2) is 44.8 Å². The summed E-state index contributed by atoms with van der Waals surface area (Å²) in [4.78, 5) is 30.4. The summed E-state index contributed by atoms with van der Waals surface area (Å²) >= 11 is 0. The molecule has 1 aliphatic carbocycles. The fourth-order valence-electron chi connectivity index (χ4n) is 4.29. The third-order valence-electron chi connectivity index (χ3n) is 5.71. The minimum absolute atomic E-state index is 0.0835. The number of imidazole rings is 1. The zero-order chi connectivity index (χ0) is 22.0. The molecule has 160 valence electrons. The molecule has 31 heavy (non-hydrogen) atoms. The smallest absolute Gasteiger partial charge is 0.410 e. The molecule has 0 aliphatic heterocycles. The van der Waals surface area contributed by atoms with Crippen LogP contribution in [0.15, 0.2) is 61.1 Å². The van der Waals surface area contributed by atoms with Gasteiger partial charge in [0.25, 0.3) is 0 Å². The maximum Gasteiger partial charge on any atom is 0.410 e. The van der Waals surface area contributed by atoms with Gasteiger partial charge in [0.05, 0.1) is 18.2 Å². The molecule has 1 heterocycles. The second-order valence-corrected chi connectivity index (χ2v) is 7.67. The van der Waals surface area contributed by atoms with E-state index in [0.717, 1.165) is 22.3 Å². The summed E-state index contributed by atoms with van der Waals surface area (Å²) in [5, 5.41) is 9.86. The molecule has 0 bridgehead atoms. The Morgan fingerprint density at radius 2 is 1.74 bits per heavy atom. The Balaban J connectivity index is 1.58. The van der Waals surface area contributed by atoms with E-state index in [9.17, 15) is 14.7 Å². The van der Waals surface area contributed by atoms with Crippen molar-refractivity contribution < 1.29 is 19.4 Å². The number of carboxylic acids is 1. The van der Waals surface area contributed by atoms with Crippen LogP contribution in [0.4, 0.5) is 4.79 Å². The lowest BCUT2D eigenvalue weighted by atomic mass is 9.98. The van der Waals surface area contributed by atoms with Crippen LogP contribution in [-0.2, 0) is 16.6 Å². The SMILES string of the molecule is CCCN(C(=O)OCC1c2ccccc2-c2ccccc21)C(C(=O)O)c1cncn1C. The summed E-state index contributed by atoms with van der Waals surface area (Å²) in [6, 6.07) is 15.0. The molecular formula is C24H25N3O4. The Labute approximate surface area is 180 Å². The van der Waals surface area contributed by atoms with Crippen LogP contribution in [0.5, 0.6) is 0 Å². The molecule has 7 nitrogen and oxygen atoms in total. The first kappa shape index (κ1) is 20.7. The monoisotopic (exact) mass is 419 g/mol. The number of fused-ring (bicyclic) bond motifs is 3. The van der Waals surface area contributed by atoms with Crippen molar-refractivity contribution in [2.24, 2.45) is 7.05 Å². The van der Waals surface area contributed by atoms with Crippen molar-refractivity contribution in [2.45, 2.75) is 25.3 Å². The number of aliphatic carboxylic acids is 1. The van der Waals surface area contributed by atoms with Crippen molar-refractivity contribution in [3.63, 3.8) is 0 Å². The molecule has 0 radical (unpaired) electrons. The third kappa shape index (κ3) is 3.79. The van der Waals surface area contributed by atoms with Gasteiger partial charge in [-0.05, 0) is 28.7 Å². The number of aryl methyl sites for hydroxylation is 1. The number of amides is 1. The highest BCUT2D eigenvalue weighted by Gasteiger charge is 2.35. The number of hydrogen-bond acceptors (Lipinski definition) is 4. The van der Waals surface area contributed by atoms with Crippen molar-refractivity contribution in [3.05, 3.63) is 77.9 Å². The summed E-state index contributed by atoms with van der Waals surface area (Å²) in [5.41, 5.74) is 4.93. The number of aromatic nitrogens is 2. The number of hydrogen-bond donors (Lipinski definition) is 1. The molecule has 0 saturated carbocycles. The number of ether oxygens (including phenoxy) is 1. The minimum atomic E-state index is -1.16. The molecule has 7 heteroatoms. The zero-order valence-electron chi connectivity index (χ0n) is 17.6. The summed E-state index contributed by atoms with van der Waals surface area (Å²) in [5.74, 6) is -1.20. The average molecular weight is 419 g/mol. The van der Waals surface area contributed by atoms with Crippen LogP contribution in [0.1, 0.15) is 42.1 Å². The lowest BCUT2D eigenvalue weighted by Crippen LogP contribution is -2.41. The fourth-order valence-corrected chi connectivity index (χ4v) is 4.29. The van der Waals surface area contributed by atoms with Crippen molar-refractivity contribution in [1.29, 1.82) is 0 Å². The van der Waals surface area contributed by atoms with Crippen LogP contribution in [0.25, 0.3) is 11.1 Å². The highest BCUT2D eigenvalue weighted by atomic mass is 16.6. The lowest BCUT2D eigenvalue weighted by Gasteiger charge is -2.28. The molecule has 1 aromatic heterocycles. The van der Waals surface area contributed by atoms with Gasteiger partial charge in [0.1, 0.15) is 6.61 Å². The van der Waals surface area contributed by atoms with Gasteiger partial charge in [0.15, 0.2) is 6.04 Å². The van der Waals surface area contributed by atoms with Gasteiger partial charge in [-0.3, -0.25) is 4.90 Å². The first-order valence-corrected chi connectivity index (χ1v) is 10.3. The highest BCUT2D eigenvalue weighted by molar-refractivity contribution is 5.82. The predicted octanol–water partition coefficient (Wildman–Crippen LogP) is 4.21. The van der Waals surface area contributed by atoms with E-state index in [1.165, 1.54) is 17.4 Å². The van der Waals surface area contributed by atoms with Gasteiger partial charge < -0.3 is 14.4 Å². The van der Waals surface area contributed by atoms with Crippen molar-refractivity contribution in [3.8, 4) is 11.1 Å². The van der Waals surface area contributed by atoms with Gasteiger partial charge in [-0.15, -0.1) is 0 Å². The maximum absolute atomic E-state index is 13.1. The Kier molecular flexibility index (Phi) is 5.75. The normalized spacial score (nSPS) is 13.4. The largest absolute Gasteiger partial charge is 0.479 e. The third-order valence-corrected chi connectivity index (χ3v) is 5.71. The number of carbonyl (C=O) groups excluding carboxylic acids is 1. The van der Waals surface area contributed by atoms with Crippen molar-refractivity contribution in [1.82, 2.24) is 14.5 Å². The molecule has 0 saturated heterocycles. The molecule has 4 rings (SSSR count). The van der Waals surface area contributed by atoms with Gasteiger partial charge in [-0.1, -0.05) is 55.5 Å². The molecule has 1 amide bonds. The van der Waals surface area contributed by atoms with E-state index in [1.807, 2.05) is 43.3 Å². The van der Waals surface area contributed by atoms with Crippen LogP contribution in [0.2, 0.25) is 0 Å². The fraction of sp³-hybridized carbons (Fsp3) is 0.292. The molecular weight excluding hydrogens is 394 g/mol. The van der Waals surface area contributed by atoms with Gasteiger partial charge in [-0.2, -0.15) is 0 Å². The Bertz CT molecular complexity index is 1060. The van der Waals surface area contributed by atoms with Gasteiger partial charge >= 0.3 is 12.1 Å². The quantitative estimate of drug-likeness (QED) is 0.620. The Hall–Kier alpha value is -3.61. The van der Waals surface area contributed by atoms with E-state index < -0.39 is 18.1 Å². The standard InChI is InChI=1S/C24H25N3O4/c1-3-12-27(22(23(28)29)21-13-25-15-26(21)2)24(30)31-14-20-18-10-6-4-8-16(18)17-9-5-7-11-19(17)20/h4-11,13,15,20,22H,3,12,14H2,1-2H3,(H,28,29). The van der Waals surface area contributed by atoms with E-state index in [1.54, 1.807) is 11.6 Å². The van der Waals surface area contributed by atoms with Crippen LogP contribution < -0.4 is 0 Å². The predicted molar refractivity (Wildman–Crippen MR) is 116 cm³/mol. The average Bonchev–Trinajstić information content (AvgIpc) is 3.33. The van der Waals surface area contributed by atoms with Crippen LogP contribution in [0, 0.1) is 0 Å². The molecule has 0 spiro atoms.